The van der Waals surface area contributed by atoms with Crippen LogP contribution in [0.15, 0.2) is 164 Å². The number of ether oxygens (including phenoxy) is 6. The van der Waals surface area contributed by atoms with Gasteiger partial charge >= 0.3 is 0 Å². The van der Waals surface area contributed by atoms with Crippen LogP contribution in [-0.4, -0.2) is 59.5 Å². The molecule has 0 unspecified atom stereocenters. The molecule has 0 aliphatic carbocycles. The number of hydrogen-bond acceptors (Lipinski definition) is 6. The van der Waals surface area contributed by atoms with Gasteiger partial charge < -0.3 is 28.4 Å². The average Bonchev–Trinajstić information content (AvgIpc) is 3.38. The summed E-state index contributed by atoms with van der Waals surface area (Å²) >= 11 is 0. The summed E-state index contributed by atoms with van der Waals surface area (Å²) in [6, 6.07) is 59.5. The lowest BCUT2D eigenvalue weighted by atomic mass is 9.92. The van der Waals surface area contributed by atoms with E-state index in [1.54, 1.807) is 0 Å². The molecule has 0 N–H and O–H groups in total. The molecule has 0 aromatic heterocycles. The quantitative estimate of drug-likeness (QED) is 0.0529. The lowest BCUT2D eigenvalue weighted by molar-refractivity contribution is -0.0811. The molecular formula is C62H54O6. The van der Waals surface area contributed by atoms with Crippen LogP contribution in [0.1, 0.15) is 23.6 Å². The molecule has 0 amide bonds. The van der Waals surface area contributed by atoms with Crippen LogP contribution in [0.2, 0.25) is 0 Å². The van der Waals surface area contributed by atoms with Crippen molar-refractivity contribution in [3.8, 4) is 0 Å². The monoisotopic (exact) mass is 894 g/mol. The fraction of sp³-hybridized carbons (Fsp3) is 0.226. The lowest BCUT2D eigenvalue weighted by Crippen LogP contribution is -2.35. The molecule has 6 heteroatoms. The van der Waals surface area contributed by atoms with E-state index in [4.69, 9.17) is 28.4 Å². The van der Waals surface area contributed by atoms with Crippen molar-refractivity contribution in [2.75, 3.05) is 59.5 Å². The molecular weight excluding hydrogens is 841 g/mol. The maximum atomic E-state index is 6.32. The molecule has 0 radical (unpaired) electrons. The van der Waals surface area contributed by atoms with Crippen LogP contribution < -0.4 is 0 Å². The van der Waals surface area contributed by atoms with Gasteiger partial charge in [0.05, 0.1) is 79.3 Å². The fourth-order valence-corrected chi connectivity index (χ4v) is 10.7. The molecule has 0 spiro atoms. The second-order valence-electron chi connectivity index (χ2n) is 18.9. The summed E-state index contributed by atoms with van der Waals surface area (Å²) in [6.07, 6.45) is 0. The summed E-state index contributed by atoms with van der Waals surface area (Å²) in [6.45, 7) is 7.93. The zero-order valence-electron chi connectivity index (χ0n) is 38.5. The van der Waals surface area contributed by atoms with Crippen LogP contribution in [-0.2, 0) is 48.2 Å². The first kappa shape index (κ1) is 42.8. The van der Waals surface area contributed by atoms with Gasteiger partial charge in [0.15, 0.2) is 0 Å². The molecule has 0 fully saturated rings. The third-order valence-electron chi connectivity index (χ3n) is 14.1. The highest BCUT2D eigenvalue weighted by Gasteiger charge is 2.26. The Morgan fingerprint density at radius 2 is 0.500 bits per heavy atom. The van der Waals surface area contributed by atoms with E-state index in [9.17, 15) is 0 Å². The van der Waals surface area contributed by atoms with Crippen LogP contribution in [0.25, 0.3) is 97.0 Å². The first-order chi connectivity index (χ1) is 33.6. The first-order valence-electron chi connectivity index (χ1n) is 24.0. The minimum absolute atomic E-state index is 0.399. The van der Waals surface area contributed by atoms with Crippen LogP contribution in [0.5, 0.6) is 0 Å². The summed E-state index contributed by atoms with van der Waals surface area (Å²) in [4.78, 5) is 0. The minimum Gasteiger partial charge on any atom is -0.378 e. The molecule has 0 aliphatic rings. The Morgan fingerprint density at radius 1 is 0.265 bits per heavy atom. The van der Waals surface area contributed by atoms with Crippen molar-refractivity contribution in [2.24, 2.45) is 5.41 Å². The highest BCUT2D eigenvalue weighted by molar-refractivity contribution is 6.25. The summed E-state index contributed by atoms with van der Waals surface area (Å²) in [5.41, 5.74) is 3.16. The second kappa shape index (κ2) is 18.5. The van der Waals surface area contributed by atoms with E-state index in [0.29, 0.717) is 79.3 Å². The zero-order valence-corrected chi connectivity index (χ0v) is 38.5. The van der Waals surface area contributed by atoms with E-state index in [2.05, 4.69) is 171 Å². The largest absolute Gasteiger partial charge is 0.378 e. The Kier molecular flexibility index (Phi) is 11.7. The fourth-order valence-electron chi connectivity index (χ4n) is 10.7. The molecule has 0 heterocycles. The zero-order chi connectivity index (χ0) is 45.4. The van der Waals surface area contributed by atoms with Gasteiger partial charge in [0.1, 0.15) is 0 Å². The molecule has 0 saturated carbocycles. The molecule has 0 bridgehead atoms. The first-order valence-corrected chi connectivity index (χ1v) is 24.0. The molecule has 0 saturated heterocycles. The second-order valence-corrected chi connectivity index (χ2v) is 18.9. The van der Waals surface area contributed by atoms with Gasteiger partial charge in [-0.3, -0.25) is 0 Å². The Hall–Kier alpha value is -6.48. The average molecular weight is 895 g/mol. The van der Waals surface area contributed by atoms with E-state index >= 15 is 0 Å². The third-order valence-corrected chi connectivity index (χ3v) is 14.1. The molecule has 68 heavy (non-hydrogen) atoms. The van der Waals surface area contributed by atoms with Crippen molar-refractivity contribution in [3.63, 3.8) is 0 Å². The SMILES string of the molecule is CC(COCCOCc1ccc2ccc3cccc4ccc1c2c34)(COCCOCc1ccc2ccc3cccc4ccc1c2c34)COCCOCc1ccc2ccc3cccc4ccc1c2c34. The maximum absolute atomic E-state index is 6.32. The minimum atomic E-state index is -0.399. The highest BCUT2D eigenvalue weighted by atomic mass is 16.5. The van der Waals surface area contributed by atoms with Gasteiger partial charge in [0.2, 0.25) is 0 Å². The van der Waals surface area contributed by atoms with Gasteiger partial charge in [-0.1, -0.05) is 171 Å². The lowest BCUT2D eigenvalue weighted by Gasteiger charge is -2.29. The summed E-state index contributed by atoms with van der Waals surface area (Å²) in [5, 5.41) is 23.0. The predicted octanol–water partition coefficient (Wildman–Crippen LogP) is 14.4. The molecule has 12 aromatic carbocycles. The normalized spacial score (nSPS) is 12.7. The van der Waals surface area contributed by atoms with Gasteiger partial charge in [-0.2, -0.15) is 0 Å². The van der Waals surface area contributed by atoms with Crippen molar-refractivity contribution in [2.45, 2.75) is 26.7 Å². The standard InChI is InChI=1S/C62H54O6/c1-62(38-66-32-29-63-35-50-20-17-47-14-11-41-5-2-8-44-23-26-53(50)59(47)56(41)44,39-67-33-30-64-36-51-21-18-48-15-12-42-6-3-9-45-24-27-54(51)60(48)57(42)45)40-68-34-31-65-37-52-22-19-49-16-13-43-7-4-10-46-25-28-55(52)61(49)58(43)46/h2-28H,29-40H2,1H3. The van der Waals surface area contributed by atoms with Crippen LogP contribution in [0.4, 0.5) is 0 Å². The Balaban J connectivity index is 0.655. The Labute approximate surface area is 395 Å². The van der Waals surface area contributed by atoms with Gasteiger partial charge in [-0.05, 0) is 114 Å². The van der Waals surface area contributed by atoms with E-state index in [-0.39, 0.29) is 0 Å². The smallest absolute Gasteiger partial charge is 0.0724 e. The van der Waals surface area contributed by atoms with Crippen LogP contribution >= 0.6 is 0 Å². The van der Waals surface area contributed by atoms with Gasteiger partial charge in [0, 0.05) is 5.41 Å². The van der Waals surface area contributed by atoms with Crippen molar-refractivity contribution >= 4 is 97.0 Å². The summed E-state index contributed by atoms with van der Waals surface area (Å²) in [5.74, 6) is 0. The highest BCUT2D eigenvalue weighted by Crippen LogP contribution is 2.39. The molecule has 0 atom stereocenters. The van der Waals surface area contributed by atoms with E-state index in [1.807, 2.05) is 0 Å². The molecule has 12 aromatic rings. The van der Waals surface area contributed by atoms with Crippen LogP contribution in [0.3, 0.4) is 0 Å². The maximum Gasteiger partial charge on any atom is 0.0724 e. The van der Waals surface area contributed by atoms with E-state index in [1.165, 1.54) is 114 Å². The van der Waals surface area contributed by atoms with E-state index in [0.717, 1.165) is 0 Å². The number of hydrogen-bond donors (Lipinski definition) is 0. The molecule has 12 rings (SSSR count). The topological polar surface area (TPSA) is 55.4 Å². The Morgan fingerprint density at radius 3 is 0.794 bits per heavy atom. The van der Waals surface area contributed by atoms with Crippen molar-refractivity contribution in [1.82, 2.24) is 0 Å². The van der Waals surface area contributed by atoms with Gasteiger partial charge in [-0.25, -0.2) is 0 Å². The number of benzene rings is 12. The van der Waals surface area contributed by atoms with Crippen molar-refractivity contribution in [1.29, 1.82) is 0 Å². The van der Waals surface area contributed by atoms with Crippen molar-refractivity contribution in [3.05, 3.63) is 180 Å². The van der Waals surface area contributed by atoms with Crippen LogP contribution in [0, 0.1) is 5.41 Å². The summed E-state index contributed by atoms with van der Waals surface area (Å²) < 4.78 is 37.7. The summed E-state index contributed by atoms with van der Waals surface area (Å²) in [7, 11) is 0. The van der Waals surface area contributed by atoms with Crippen molar-refractivity contribution < 1.29 is 28.4 Å². The molecule has 338 valence electrons. The molecule has 0 aliphatic heterocycles. The van der Waals surface area contributed by atoms with Gasteiger partial charge in [0.25, 0.3) is 0 Å². The third kappa shape index (κ3) is 8.11. The van der Waals surface area contributed by atoms with E-state index < -0.39 is 5.41 Å². The Bertz CT molecular complexity index is 3260. The van der Waals surface area contributed by atoms with Gasteiger partial charge in [-0.15, -0.1) is 0 Å². The molecule has 6 nitrogen and oxygen atoms in total. The predicted molar refractivity (Wildman–Crippen MR) is 280 cm³/mol. The number of rotatable bonds is 21.